The molecular weight excluding hydrogens is 456 g/mol. The van der Waals surface area contributed by atoms with Gasteiger partial charge in [-0.15, -0.1) is 0 Å². The fraction of sp³-hybridized carbons (Fsp3) is 0.480. The SMILES string of the molecule is Cc1cnc2cc(C3CCN(C(=O)OC(C)(C)C)CC3)c(=O)n(Cc3ncccc3C(F)F)c2n1. The lowest BCUT2D eigenvalue weighted by Crippen LogP contribution is -2.42. The van der Waals surface area contributed by atoms with Crippen LogP contribution in [0, 0.1) is 6.92 Å². The standard InChI is InChI=1S/C25H29F2N5O3/c1-15-13-29-19-12-18(16-7-10-31(11-8-16)24(34)35-25(2,3)4)23(33)32(22(19)30-15)14-20-17(21(26)27)6-5-9-28-20/h5-6,9,12-13,16,21H,7-8,10-11,14H2,1-4H3. The summed E-state index contributed by atoms with van der Waals surface area (Å²) >= 11 is 0. The Morgan fingerprint density at radius 3 is 2.60 bits per heavy atom. The van der Waals surface area contributed by atoms with E-state index in [-0.39, 0.29) is 35.4 Å². The molecule has 0 N–H and O–H groups in total. The van der Waals surface area contributed by atoms with Crippen LogP contribution >= 0.6 is 0 Å². The molecule has 1 saturated heterocycles. The van der Waals surface area contributed by atoms with Gasteiger partial charge in [0.15, 0.2) is 5.65 Å². The first-order valence-corrected chi connectivity index (χ1v) is 11.6. The minimum absolute atomic E-state index is 0.113. The Morgan fingerprint density at radius 1 is 1.23 bits per heavy atom. The average Bonchev–Trinajstić information content (AvgIpc) is 2.80. The maximum Gasteiger partial charge on any atom is 0.410 e. The monoisotopic (exact) mass is 485 g/mol. The number of rotatable bonds is 4. The van der Waals surface area contributed by atoms with Crippen molar-refractivity contribution in [2.45, 2.75) is 65.0 Å². The predicted octanol–water partition coefficient (Wildman–Crippen LogP) is 4.60. The predicted molar refractivity (Wildman–Crippen MR) is 127 cm³/mol. The number of hydrogen-bond acceptors (Lipinski definition) is 6. The summed E-state index contributed by atoms with van der Waals surface area (Å²) < 4.78 is 34.0. The molecule has 0 spiro atoms. The van der Waals surface area contributed by atoms with E-state index in [1.54, 1.807) is 24.1 Å². The van der Waals surface area contributed by atoms with Gasteiger partial charge in [-0.05, 0) is 64.7 Å². The Kier molecular flexibility index (Phi) is 6.82. The number of carbonyl (C=O) groups is 1. The molecule has 1 amide bonds. The molecule has 0 aliphatic carbocycles. The summed E-state index contributed by atoms with van der Waals surface area (Å²) in [6.45, 7) is 7.97. The number of ether oxygens (including phenoxy) is 1. The van der Waals surface area contributed by atoms with Crippen molar-refractivity contribution in [2.24, 2.45) is 0 Å². The Labute approximate surface area is 202 Å². The highest BCUT2D eigenvalue weighted by atomic mass is 19.3. The number of hydrogen-bond donors (Lipinski definition) is 0. The molecule has 0 saturated carbocycles. The number of fused-ring (bicyclic) bond motifs is 1. The zero-order chi connectivity index (χ0) is 25.3. The molecule has 3 aromatic rings. The largest absolute Gasteiger partial charge is 0.444 e. The second-order valence-corrected chi connectivity index (χ2v) is 9.79. The Bertz CT molecular complexity index is 1290. The second-order valence-electron chi connectivity index (χ2n) is 9.79. The molecule has 4 rings (SSSR count). The molecule has 0 aromatic carbocycles. The van der Waals surface area contributed by atoms with E-state index in [0.29, 0.717) is 48.4 Å². The number of pyridine rings is 2. The molecular formula is C25H29F2N5O3. The van der Waals surface area contributed by atoms with Gasteiger partial charge in [0.05, 0.1) is 17.9 Å². The van der Waals surface area contributed by atoms with Gasteiger partial charge in [-0.2, -0.15) is 0 Å². The molecule has 1 fully saturated rings. The maximum atomic E-state index is 13.7. The zero-order valence-electron chi connectivity index (χ0n) is 20.3. The van der Waals surface area contributed by atoms with Crippen LogP contribution in [0.5, 0.6) is 0 Å². The molecule has 186 valence electrons. The van der Waals surface area contributed by atoms with Gasteiger partial charge >= 0.3 is 6.09 Å². The number of alkyl halides is 2. The molecule has 3 aromatic heterocycles. The highest BCUT2D eigenvalue weighted by Gasteiger charge is 2.29. The lowest BCUT2D eigenvalue weighted by molar-refractivity contribution is 0.0204. The minimum Gasteiger partial charge on any atom is -0.444 e. The number of likely N-dealkylation sites (tertiary alicyclic amines) is 1. The van der Waals surface area contributed by atoms with Gasteiger partial charge in [-0.25, -0.2) is 18.6 Å². The number of halogens is 2. The van der Waals surface area contributed by atoms with Crippen molar-refractivity contribution in [1.29, 1.82) is 0 Å². The second kappa shape index (κ2) is 9.67. The summed E-state index contributed by atoms with van der Waals surface area (Å²) in [5.41, 5.74) is 0.993. The van der Waals surface area contributed by atoms with Crippen molar-refractivity contribution in [3.05, 3.63) is 63.5 Å². The van der Waals surface area contributed by atoms with Crippen molar-refractivity contribution in [1.82, 2.24) is 24.4 Å². The Morgan fingerprint density at radius 2 is 1.94 bits per heavy atom. The Balaban J connectivity index is 1.68. The van der Waals surface area contributed by atoms with Gasteiger partial charge in [0.25, 0.3) is 12.0 Å². The van der Waals surface area contributed by atoms with E-state index in [2.05, 4.69) is 15.0 Å². The van der Waals surface area contributed by atoms with E-state index >= 15 is 0 Å². The van der Waals surface area contributed by atoms with E-state index < -0.39 is 12.0 Å². The third-order valence-corrected chi connectivity index (χ3v) is 6.00. The number of nitrogens with zero attached hydrogens (tertiary/aromatic N) is 5. The first kappa shape index (κ1) is 24.7. The van der Waals surface area contributed by atoms with E-state index in [1.165, 1.54) is 22.9 Å². The third-order valence-electron chi connectivity index (χ3n) is 6.00. The van der Waals surface area contributed by atoms with Gasteiger partial charge in [-0.1, -0.05) is 0 Å². The normalized spacial score (nSPS) is 15.1. The van der Waals surface area contributed by atoms with Crippen molar-refractivity contribution in [2.75, 3.05) is 13.1 Å². The average molecular weight is 486 g/mol. The van der Waals surface area contributed by atoms with E-state index in [1.807, 2.05) is 20.8 Å². The van der Waals surface area contributed by atoms with Crippen LogP contribution in [0.4, 0.5) is 13.6 Å². The van der Waals surface area contributed by atoms with Crippen LogP contribution in [0.3, 0.4) is 0 Å². The van der Waals surface area contributed by atoms with Crippen molar-refractivity contribution >= 4 is 17.3 Å². The highest BCUT2D eigenvalue weighted by molar-refractivity contribution is 5.71. The molecule has 8 nitrogen and oxygen atoms in total. The summed E-state index contributed by atoms with van der Waals surface area (Å²) in [6, 6.07) is 4.50. The number of amides is 1. The molecule has 0 bridgehead atoms. The van der Waals surface area contributed by atoms with E-state index in [4.69, 9.17) is 4.74 Å². The maximum absolute atomic E-state index is 13.7. The summed E-state index contributed by atoms with van der Waals surface area (Å²) in [4.78, 5) is 40.8. The topological polar surface area (TPSA) is 90.2 Å². The molecule has 0 unspecified atom stereocenters. The summed E-state index contributed by atoms with van der Waals surface area (Å²) in [5.74, 6) is -0.113. The first-order valence-electron chi connectivity index (χ1n) is 11.6. The number of carbonyl (C=O) groups excluding carboxylic acids is 1. The summed E-state index contributed by atoms with van der Waals surface area (Å²) in [5, 5.41) is 0. The number of aryl methyl sites for hydroxylation is 1. The van der Waals surface area contributed by atoms with Crippen LogP contribution in [0.1, 0.15) is 68.5 Å². The molecule has 4 heterocycles. The van der Waals surface area contributed by atoms with Crippen LogP contribution in [0.2, 0.25) is 0 Å². The third kappa shape index (κ3) is 5.47. The molecule has 0 atom stereocenters. The van der Waals surface area contributed by atoms with Crippen LogP contribution in [0.15, 0.2) is 35.4 Å². The fourth-order valence-corrected chi connectivity index (χ4v) is 4.31. The van der Waals surface area contributed by atoms with Crippen LogP contribution in [0.25, 0.3) is 11.2 Å². The zero-order valence-corrected chi connectivity index (χ0v) is 20.3. The minimum atomic E-state index is -2.71. The van der Waals surface area contributed by atoms with Crippen LogP contribution in [-0.2, 0) is 11.3 Å². The van der Waals surface area contributed by atoms with Gasteiger partial charge < -0.3 is 9.64 Å². The smallest absolute Gasteiger partial charge is 0.410 e. The molecule has 1 aliphatic heterocycles. The summed E-state index contributed by atoms with van der Waals surface area (Å²) in [7, 11) is 0. The Hall–Kier alpha value is -3.43. The van der Waals surface area contributed by atoms with Crippen molar-refractivity contribution < 1.29 is 18.3 Å². The van der Waals surface area contributed by atoms with Gasteiger partial charge in [0.1, 0.15) is 11.1 Å². The lowest BCUT2D eigenvalue weighted by atomic mass is 9.90. The van der Waals surface area contributed by atoms with Crippen LogP contribution in [-0.4, -0.2) is 49.2 Å². The number of piperidine rings is 1. The fourth-order valence-electron chi connectivity index (χ4n) is 4.31. The van der Waals surface area contributed by atoms with Crippen molar-refractivity contribution in [3.63, 3.8) is 0 Å². The van der Waals surface area contributed by atoms with E-state index in [9.17, 15) is 18.4 Å². The highest BCUT2D eigenvalue weighted by Crippen LogP contribution is 2.29. The van der Waals surface area contributed by atoms with Gasteiger partial charge in [-0.3, -0.25) is 19.3 Å². The van der Waals surface area contributed by atoms with Gasteiger partial charge in [0, 0.05) is 36.6 Å². The quantitative estimate of drug-likeness (QED) is 0.537. The van der Waals surface area contributed by atoms with Crippen LogP contribution < -0.4 is 5.56 Å². The molecule has 0 radical (unpaired) electrons. The molecule has 10 heteroatoms. The van der Waals surface area contributed by atoms with E-state index in [0.717, 1.165) is 0 Å². The summed E-state index contributed by atoms with van der Waals surface area (Å²) in [6.07, 6.45) is 1.10. The number of aromatic nitrogens is 4. The van der Waals surface area contributed by atoms with Gasteiger partial charge in [0.2, 0.25) is 0 Å². The lowest BCUT2D eigenvalue weighted by Gasteiger charge is -2.33. The first-order chi connectivity index (χ1) is 16.5. The molecule has 1 aliphatic rings. The molecule has 35 heavy (non-hydrogen) atoms. The van der Waals surface area contributed by atoms with Crippen molar-refractivity contribution in [3.8, 4) is 0 Å².